The molecule has 0 aliphatic carbocycles. The van der Waals surface area contributed by atoms with Crippen LogP contribution in [0.2, 0.25) is 0 Å². The second kappa shape index (κ2) is 18.6. The number of rotatable bonds is 8. The normalized spacial score (nSPS) is 9.43. The van der Waals surface area contributed by atoms with Gasteiger partial charge in [0.05, 0.1) is 13.2 Å². The van der Waals surface area contributed by atoms with E-state index in [1.54, 1.807) is 0 Å². The molecule has 0 bridgehead atoms. The lowest BCUT2D eigenvalue weighted by molar-refractivity contribution is 0.186. The van der Waals surface area contributed by atoms with Gasteiger partial charge in [0.15, 0.2) is 0 Å². The summed E-state index contributed by atoms with van der Waals surface area (Å²) in [7, 11) is 0. The summed E-state index contributed by atoms with van der Waals surface area (Å²) in [5, 5.41) is 32.1. The van der Waals surface area contributed by atoms with Crippen LogP contribution in [0.1, 0.15) is 38.5 Å². The molecule has 4 heteroatoms. The van der Waals surface area contributed by atoms with E-state index in [1.165, 1.54) is 12.8 Å². The molecule has 0 aliphatic heterocycles. The highest BCUT2D eigenvalue weighted by molar-refractivity contribution is 4.43. The predicted molar refractivity (Wildman–Crippen MR) is 56.0 cm³/mol. The van der Waals surface area contributed by atoms with Crippen LogP contribution >= 0.6 is 0 Å². The lowest BCUT2D eigenvalue weighted by atomic mass is 10.1. The maximum Gasteiger partial charge on any atom is 0.0662 e. The average Bonchev–Trinajstić information content (AvgIpc) is 2.24. The van der Waals surface area contributed by atoms with Crippen LogP contribution in [-0.2, 0) is 0 Å². The first-order valence-corrected chi connectivity index (χ1v) is 5.26. The third-order valence-electron chi connectivity index (χ3n) is 1.67. The molecule has 0 spiro atoms. The number of hydrogen-bond donors (Lipinski definition) is 4. The average molecular weight is 208 g/mol. The second-order valence-corrected chi connectivity index (χ2v) is 3.02. The van der Waals surface area contributed by atoms with Gasteiger partial charge in [0.2, 0.25) is 0 Å². The molecule has 88 valence electrons. The standard InChI is InChI=1S/C8H18O2.C2H6O2/c9-7-5-3-1-2-4-6-8-10;3-1-2-4/h9-10H,1-8H2;3-4H,1-2H2. The maximum absolute atomic E-state index is 8.43. The molecule has 4 nitrogen and oxygen atoms in total. The van der Waals surface area contributed by atoms with E-state index in [9.17, 15) is 0 Å². The van der Waals surface area contributed by atoms with Crippen LogP contribution in [0.15, 0.2) is 0 Å². The van der Waals surface area contributed by atoms with Crippen molar-refractivity contribution in [2.45, 2.75) is 38.5 Å². The van der Waals surface area contributed by atoms with Crippen LogP contribution in [-0.4, -0.2) is 46.9 Å². The van der Waals surface area contributed by atoms with Gasteiger partial charge in [-0.25, -0.2) is 0 Å². The van der Waals surface area contributed by atoms with E-state index in [2.05, 4.69) is 0 Å². The van der Waals surface area contributed by atoms with Gasteiger partial charge in [0.1, 0.15) is 0 Å². The first-order chi connectivity index (χ1) is 6.83. The third-order valence-corrected chi connectivity index (χ3v) is 1.67. The quantitative estimate of drug-likeness (QED) is 0.432. The molecule has 0 saturated carbocycles. The van der Waals surface area contributed by atoms with Gasteiger partial charge < -0.3 is 20.4 Å². The Labute approximate surface area is 86.2 Å². The molecule has 0 heterocycles. The summed E-state index contributed by atoms with van der Waals surface area (Å²) in [6.07, 6.45) is 6.50. The van der Waals surface area contributed by atoms with Gasteiger partial charge in [-0.15, -0.1) is 0 Å². The smallest absolute Gasteiger partial charge is 0.0662 e. The molecule has 0 radical (unpaired) electrons. The Balaban J connectivity index is 0. The summed E-state index contributed by atoms with van der Waals surface area (Å²) in [5.41, 5.74) is 0. The number of aliphatic hydroxyl groups excluding tert-OH is 4. The van der Waals surface area contributed by atoms with E-state index in [0.717, 1.165) is 25.7 Å². The molecular weight excluding hydrogens is 184 g/mol. The van der Waals surface area contributed by atoms with Crippen LogP contribution < -0.4 is 0 Å². The summed E-state index contributed by atoms with van der Waals surface area (Å²) >= 11 is 0. The monoisotopic (exact) mass is 208 g/mol. The molecular formula is C10H24O4. The SMILES string of the molecule is OCCCCCCCCO.OCCO. The van der Waals surface area contributed by atoms with E-state index in [4.69, 9.17) is 20.4 Å². The summed E-state index contributed by atoms with van der Waals surface area (Å²) in [6.45, 7) is 0.389. The molecule has 0 saturated heterocycles. The largest absolute Gasteiger partial charge is 0.396 e. The molecule has 14 heavy (non-hydrogen) atoms. The molecule has 0 aromatic carbocycles. The van der Waals surface area contributed by atoms with E-state index in [0.29, 0.717) is 13.2 Å². The van der Waals surface area contributed by atoms with Crippen LogP contribution in [0.25, 0.3) is 0 Å². The number of unbranched alkanes of at least 4 members (excludes halogenated alkanes) is 5. The fourth-order valence-corrected chi connectivity index (χ4v) is 0.931. The Kier molecular flexibility index (Phi) is 21.6. The number of hydrogen-bond acceptors (Lipinski definition) is 4. The minimum atomic E-state index is -0.125. The Morgan fingerprint density at radius 3 is 0.857 bits per heavy atom. The van der Waals surface area contributed by atoms with E-state index < -0.39 is 0 Å². The predicted octanol–water partition coefficient (Wildman–Crippen LogP) is 0.283. The van der Waals surface area contributed by atoms with Crippen molar-refractivity contribution in [3.05, 3.63) is 0 Å². The van der Waals surface area contributed by atoms with Crippen molar-refractivity contribution in [1.29, 1.82) is 0 Å². The van der Waals surface area contributed by atoms with Gasteiger partial charge in [-0.2, -0.15) is 0 Å². The lowest BCUT2D eigenvalue weighted by Crippen LogP contribution is -1.85. The first kappa shape index (κ1) is 16.3. The van der Waals surface area contributed by atoms with E-state index >= 15 is 0 Å². The van der Waals surface area contributed by atoms with Gasteiger partial charge in [0, 0.05) is 13.2 Å². The highest BCUT2D eigenvalue weighted by Crippen LogP contribution is 2.03. The fourth-order valence-electron chi connectivity index (χ4n) is 0.931. The molecule has 0 aromatic rings. The molecule has 0 amide bonds. The van der Waals surface area contributed by atoms with Gasteiger partial charge in [0.25, 0.3) is 0 Å². The zero-order chi connectivity index (χ0) is 11.1. The third kappa shape index (κ3) is 22.6. The van der Waals surface area contributed by atoms with E-state index in [-0.39, 0.29) is 13.2 Å². The first-order valence-electron chi connectivity index (χ1n) is 5.26. The van der Waals surface area contributed by atoms with Crippen molar-refractivity contribution in [3.63, 3.8) is 0 Å². The van der Waals surface area contributed by atoms with Crippen LogP contribution in [0, 0.1) is 0 Å². The van der Waals surface area contributed by atoms with Crippen molar-refractivity contribution < 1.29 is 20.4 Å². The van der Waals surface area contributed by atoms with Crippen LogP contribution in [0.5, 0.6) is 0 Å². The minimum Gasteiger partial charge on any atom is -0.396 e. The Morgan fingerprint density at radius 2 is 0.643 bits per heavy atom. The molecule has 4 N–H and O–H groups in total. The molecule has 0 fully saturated rings. The Hall–Kier alpha value is -0.160. The molecule has 0 atom stereocenters. The van der Waals surface area contributed by atoms with Gasteiger partial charge >= 0.3 is 0 Å². The summed E-state index contributed by atoms with van der Waals surface area (Å²) in [6, 6.07) is 0. The minimum absolute atomic E-state index is 0.125. The van der Waals surface area contributed by atoms with Crippen molar-refractivity contribution in [2.24, 2.45) is 0 Å². The van der Waals surface area contributed by atoms with Crippen molar-refractivity contribution >= 4 is 0 Å². The van der Waals surface area contributed by atoms with Gasteiger partial charge in [-0.1, -0.05) is 25.7 Å². The van der Waals surface area contributed by atoms with Crippen LogP contribution in [0.4, 0.5) is 0 Å². The Bertz CT molecular complexity index is 68.5. The maximum atomic E-state index is 8.43. The summed E-state index contributed by atoms with van der Waals surface area (Å²) in [5.74, 6) is 0. The molecule has 0 unspecified atom stereocenters. The summed E-state index contributed by atoms with van der Waals surface area (Å²) in [4.78, 5) is 0. The molecule has 0 aliphatic rings. The van der Waals surface area contributed by atoms with Gasteiger partial charge in [-0.05, 0) is 12.8 Å². The van der Waals surface area contributed by atoms with Crippen LogP contribution in [0.3, 0.4) is 0 Å². The van der Waals surface area contributed by atoms with E-state index in [1.807, 2.05) is 0 Å². The van der Waals surface area contributed by atoms with Crippen molar-refractivity contribution in [2.75, 3.05) is 26.4 Å². The zero-order valence-electron chi connectivity index (χ0n) is 8.86. The Morgan fingerprint density at radius 1 is 0.357 bits per heavy atom. The topological polar surface area (TPSA) is 80.9 Å². The molecule has 0 rings (SSSR count). The second-order valence-electron chi connectivity index (χ2n) is 3.02. The summed E-state index contributed by atoms with van der Waals surface area (Å²) < 4.78 is 0. The van der Waals surface area contributed by atoms with Crippen molar-refractivity contribution in [3.8, 4) is 0 Å². The van der Waals surface area contributed by atoms with Crippen molar-refractivity contribution in [1.82, 2.24) is 0 Å². The highest BCUT2D eigenvalue weighted by Gasteiger charge is 1.88. The molecule has 0 aromatic heterocycles. The van der Waals surface area contributed by atoms with Gasteiger partial charge in [-0.3, -0.25) is 0 Å². The lowest BCUT2D eigenvalue weighted by Gasteiger charge is -1.97. The fraction of sp³-hybridized carbons (Fsp3) is 1.00. The highest BCUT2D eigenvalue weighted by atomic mass is 16.3. The zero-order valence-corrected chi connectivity index (χ0v) is 8.86. The number of aliphatic hydroxyl groups is 4.